The molecular weight excluding hydrogens is 292 g/mol. The molecule has 0 unspecified atom stereocenters. The van der Waals surface area contributed by atoms with E-state index in [4.69, 9.17) is 10.9 Å². The summed E-state index contributed by atoms with van der Waals surface area (Å²) in [4.78, 5) is 24.5. The van der Waals surface area contributed by atoms with E-state index in [9.17, 15) is 18.0 Å². The van der Waals surface area contributed by atoms with Crippen LogP contribution in [0.4, 0.5) is 5.69 Å². The molecule has 3 rings (SSSR count). The van der Waals surface area contributed by atoms with Gasteiger partial charge in [0.25, 0.3) is 0 Å². The van der Waals surface area contributed by atoms with E-state index in [1.54, 1.807) is 12.1 Å². The summed E-state index contributed by atoms with van der Waals surface area (Å²) in [6, 6.07) is 8.82. The largest absolute Gasteiger partial charge is 0.398 e. The van der Waals surface area contributed by atoms with Gasteiger partial charge >= 0.3 is 0 Å². The summed E-state index contributed by atoms with van der Waals surface area (Å²) < 4.78 is 23.4. The van der Waals surface area contributed by atoms with Gasteiger partial charge in [-0.1, -0.05) is 24.3 Å². The number of anilines is 1. The molecule has 1 aliphatic rings. The maximum Gasteiger partial charge on any atom is 0.240 e. The van der Waals surface area contributed by atoms with Crippen LogP contribution in [0.25, 0.3) is 0 Å². The van der Waals surface area contributed by atoms with Gasteiger partial charge < -0.3 is 5.73 Å². The highest BCUT2D eigenvalue weighted by molar-refractivity contribution is 7.89. The van der Waals surface area contributed by atoms with Crippen LogP contribution < -0.4 is 10.9 Å². The highest BCUT2D eigenvalue weighted by Gasteiger charge is 2.35. The van der Waals surface area contributed by atoms with Crippen LogP contribution >= 0.6 is 0 Å². The number of ketones is 2. The average Bonchev–Trinajstić information content (AvgIpc) is 2.43. The lowest BCUT2D eigenvalue weighted by molar-refractivity contribution is 0.0977. The Morgan fingerprint density at radius 3 is 1.95 bits per heavy atom. The summed E-state index contributed by atoms with van der Waals surface area (Å²) in [5.74, 6) is -0.998. The number of nitrogen functional groups attached to an aromatic ring is 1. The minimum Gasteiger partial charge on any atom is -0.398 e. The minimum atomic E-state index is -4.23. The molecule has 7 heteroatoms. The molecule has 0 amide bonds. The maximum atomic E-state index is 12.5. The van der Waals surface area contributed by atoms with Crippen LogP contribution in [0.1, 0.15) is 31.8 Å². The fraction of sp³-hybridized carbons (Fsp3) is 0. The van der Waals surface area contributed by atoms with Gasteiger partial charge in [-0.2, -0.15) is 0 Å². The maximum absolute atomic E-state index is 12.5. The molecule has 1 aliphatic carbocycles. The lowest BCUT2D eigenvalue weighted by Crippen LogP contribution is -2.26. The SMILES string of the molecule is Nc1ccc2c(c1S(N)(=O)=O)C(=O)c1ccccc1C2=O. The second kappa shape index (κ2) is 4.24. The first-order valence-electron chi connectivity index (χ1n) is 5.96. The molecular formula is C14H10N2O4S. The highest BCUT2D eigenvalue weighted by atomic mass is 32.2. The monoisotopic (exact) mass is 302 g/mol. The summed E-state index contributed by atoms with van der Waals surface area (Å²) in [6.45, 7) is 0. The first-order chi connectivity index (χ1) is 9.82. The fourth-order valence-electron chi connectivity index (χ4n) is 2.48. The van der Waals surface area contributed by atoms with Crippen LogP contribution in [0.2, 0.25) is 0 Å². The number of fused-ring (bicyclic) bond motifs is 2. The van der Waals surface area contributed by atoms with E-state index in [-0.39, 0.29) is 27.9 Å². The van der Waals surface area contributed by atoms with E-state index in [1.807, 2.05) is 0 Å². The first kappa shape index (κ1) is 13.5. The first-order valence-corrected chi connectivity index (χ1v) is 7.50. The van der Waals surface area contributed by atoms with Gasteiger partial charge in [-0.3, -0.25) is 9.59 Å². The summed E-state index contributed by atoms with van der Waals surface area (Å²) in [5, 5.41) is 5.14. The van der Waals surface area contributed by atoms with E-state index in [2.05, 4.69) is 0 Å². The van der Waals surface area contributed by atoms with Crippen LogP contribution in [0.3, 0.4) is 0 Å². The molecule has 4 N–H and O–H groups in total. The Hall–Kier alpha value is -2.51. The molecule has 21 heavy (non-hydrogen) atoms. The number of primary sulfonamides is 1. The van der Waals surface area contributed by atoms with Crippen molar-refractivity contribution in [3.05, 3.63) is 58.7 Å². The zero-order chi connectivity index (χ0) is 15.4. The highest BCUT2D eigenvalue weighted by Crippen LogP contribution is 2.33. The third kappa shape index (κ3) is 1.86. The number of nitrogens with two attached hydrogens (primary N) is 2. The van der Waals surface area contributed by atoms with Crippen molar-refractivity contribution in [1.29, 1.82) is 0 Å². The van der Waals surface area contributed by atoms with Crippen molar-refractivity contribution in [3.8, 4) is 0 Å². The molecule has 6 nitrogen and oxygen atoms in total. The third-order valence-electron chi connectivity index (χ3n) is 3.36. The zero-order valence-electron chi connectivity index (χ0n) is 10.7. The standard InChI is InChI=1S/C14H10N2O4S/c15-10-6-5-9-11(14(10)21(16,19)20)13(18)8-4-2-1-3-7(8)12(9)17/h1-6H,15H2,(H2,16,19,20). The van der Waals surface area contributed by atoms with E-state index >= 15 is 0 Å². The van der Waals surface area contributed by atoms with Crippen molar-refractivity contribution >= 4 is 27.3 Å². The van der Waals surface area contributed by atoms with E-state index < -0.39 is 26.5 Å². The predicted molar refractivity (Wildman–Crippen MR) is 75.5 cm³/mol. The minimum absolute atomic E-state index is 0.00285. The Morgan fingerprint density at radius 2 is 1.38 bits per heavy atom. The van der Waals surface area contributed by atoms with Crippen molar-refractivity contribution < 1.29 is 18.0 Å². The predicted octanol–water partition coefficient (Wildman–Crippen LogP) is 0.692. The summed E-state index contributed by atoms with van der Waals surface area (Å²) in [6.07, 6.45) is 0. The number of carbonyl (C=O) groups excluding carboxylic acids is 2. The number of hydrogen-bond donors (Lipinski definition) is 2. The second-order valence-corrected chi connectivity index (χ2v) is 6.15. The van der Waals surface area contributed by atoms with Crippen molar-refractivity contribution in [2.45, 2.75) is 4.90 Å². The lowest BCUT2D eigenvalue weighted by Gasteiger charge is -2.20. The van der Waals surface area contributed by atoms with Gasteiger partial charge in [-0.15, -0.1) is 0 Å². The number of rotatable bonds is 1. The molecule has 0 saturated carbocycles. The Morgan fingerprint density at radius 1 is 0.810 bits per heavy atom. The summed E-state index contributed by atoms with van der Waals surface area (Å²) in [5.41, 5.74) is 5.61. The Kier molecular flexibility index (Phi) is 2.72. The molecule has 106 valence electrons. The fourth-order valence-corrected chi connectivity index (χ4v) is 3.36. The Labute approximate surface area is 120 Å². The van der Waals surface area contributed by atoms with Gasteiger partial charge in [-0.05, 0) is 12.1 Å². The number of sulfonamides is 1. The van der Waals surface area contributed by atoms with Gasteiger partial charge in [-0.25, -0.2) is 13.6 Å². The zero-order valence-corrected chi connectivity index (χ0v) is 11.5. The quantitative estimate of drug-likeness (QED) is 0.641. The summed E-state index contributed by atoms with van der Waals surface area (Å²) in [7, 11) is -4.23. The van der Waals surface area contributed by atoms with Crippen molar-refractivity contribution in [2.24, 2.45) is 5.14 Å². The van der Waals surface area contributed by atoms with Gasteiger partial charge in [0.1, 0.15) is 4.90 Å². The van der Waals surface area contributed by atoms with Crippen molar-refractivity contribution in [3.63, 3.8) is 0 Å². The molecule has 0 bridgehead atoms. The molecule has 2 aromatic carbocycles. The topological polar surface area (TPSA) is 120 Å². The molecule has 0 spiro atoms. The second-order valence-electron chi connectivity index (χ2n) is 4.66. The van der Waals surface area contributed by atoms with Crippen LogP contribution in [0, 0.1) is 0 Å². The third-order valence-corrected chi connectivity index (χ3v) is 4.37. The normalized spacial score (nSPS) is 13.8. The molecule has 0 aliphatic heterocycles. The van der Waals surface area contributed by atoms with Crippen LogP contribution in [-0.4, -0.2) is 20.0 Å². The van der Waals surface area contributed by atoms with Crippen LogP contribution in [0.15, 0.2) is 41.3 Å². The number of hydrogen-bond acceptors (Lipinski definition) is 5. The molecule has 0 fully saturated rings. The van der Waals surface area contributed by atoms with Crippen LogP contribution in [0.5, 0.6) is 0 Å². The molecule has 2 aromatic rings. The Bertz CT molecular complexity index is 917. The van der Waals surface area contributed by atoms with Gasteiger partial charge in [0.05, 0.1) is 11.3 Å². The molecule has 0 atom stereocenters. The van der Waals surface area contributed by atoms with Gasteiger partial charge in [0, 0.05) is 16.7 Å². The smallest absolute Gasteiger partial charge is 0.240 e. The van der Waals surface area contributed by atoms with E-state index in [1.165, 1.54) is 24.3 Å². The van der Waals surface area contributed by atoms with E-state index in [0.29, 0.717) is 0 Å². The average molecular weight is 302 g/mol. The number of carbonyl (C=O) groups is 2. The molecule has 0 radical (unpaired) electrons. The number of benzene rings is 2. The lowest BCUT2D eigenvalue weighted by atomic mass is 9.84. The Balaban J connectivity index is 2.45. The van der Waals surface area contributed by atoms with Crippen molar-refractivity contribution in [1.82, 2.24) is 0 Å². The van der Waals surface area contributed by atoms with Crippen LogP contribution in [-0.2, 0) is 10.0 Å². The van der Waals surface area contributed by atoms with Gasteiger partial charge in [0.15, 0.2) is 11.6 Å². The summed E-state index contributed by atoms with van der Waals surface area (Å²) >= 11 is 0. The van der Waals surface area contributed by atoms with Gasteiger partial charge in [0.2, 0.25) is 10.0 Å². The van der Waals surface area contributed by atoms with E-state index in [0.717, 1.165) is 0 Å². The molecule has 0 saturated heterocycles. The molecule has 0 aromatic heterocycles. The molecule has 0 heterocycles. The van der Waals surface area contributed by atoms with Crippen molar-refractivity contribution in [2.75, 3.05) is 5.73 Å².